The average Bonchev–Trinajstić information content (AvgIpc) is 2.56. The molecule has 2 aromatic rings. The van der Waals surface area contributed by atoms with Gasteiger partial charge in [-0.15, -0.1) is 0 Å². The summed E-state index contributed by atoms with van der Waals surface area (Å²) >= 11 is 3.53. The second kappa shape index (κ2) is 13.2. The van der Waals surface area contributed by atoms with E-state index in [2.05, 4.69) is 114 Å². The van der Waals surface area contributed by atoms with Crippen LogP contribution in [0.3, 0.4) is 0 Å². The van der Waals surface area contributed by atoms with Crippen molar-refractivity contribution in [3.63, 3.8) is 0 Å². The first kappa shape index (κ1) is 26.9. The van der Waals surface area contributed by atoms with Crippen molar-refractivity contribution in [2.24, 2.45) is 11.8 Å². The largest absolute Gasteiger partial charge is 0.0776 e. The predicted octanol–water partition coefficient (Wildman–Crippen LogP) is 9.42. The third-order valence-corrected chi connectivity index (χ3v) is 5.16. The molecule has 0 saturated heterocycles. The molecule has 0 aliphatic rings. The van der Waals surface area contributed by atoms with E-state index < -0.39 is 0 Å². The summed E-state index contributed by atoms with van der Waals surface area (Å²) in [5.41, 5.74) is 6.01. The molecule has 0 aliphatic carbocycles. The highest BCUT2D eigenvalue weighted by Gasteiger charge is 2.08. The molecule has 158 valence electrons. The molecule has 0 atom stereocenters. The van der Waals surface area contributed by atoms with Gasteiger partial charge in [0.15, 0.2) is 0 Å². The summed E-state index contributed by atoms with van der Waals surface area (Å²) < 4.78 is 1.19. The molecule has 0 bridgehead atoms. The van der Waals surface area contributed by atoms with Crippen LogP contribution in [-0.4, -0.2) is 0 Å². The van der Waals surface area contributed by atoms with E-state index in [1.165, 1.54) is 39.6 Å². The molecule has 0 spiro atoms. The van der Waals surface area contributed by atoms with E-state index in [1.54, 1.807) is 0 Å². The van der Waals surface area contributed by atoms with Crippen molar-refractivity contribution >= 4 is 15.9 Å². The molecule has 28 heavy (non-hydrogen) atoms. The highest BCUT2D eigenvalue weighted by molar-refractivity contribution is 9.10. The molecule has 0 saturated carbocycles. The van der Waals surface area contributed by atoms with Gasteiger partial charge in [-0.2, -0.15) is 0 Å². The Kier molecular flexibility index (Phi) is 12.7. The SMILES string of the molecule is C.CC(C)Cc1ccc(Br)cc1C(C)C.CC(C)Cc1ccccc1C(C)C. The number of rotatable bonds is 6. The first-order chi connectivity index (χ1) is 12.6. The van der Waals surface area contributed by atoms with Gasteiger partial charge < -0.3 is 0 Å². The van der Waals surface area contributed by atoms with Crippen molar-refractivity contribution in [2.75, 3.05) is 0 Å². The quantitative estimate of drug-likeness (QED) is 0.414. The van der Waals surface area contributed by atoms with Crippen LogP contribution in [-0.2, 0) is 12.8 Å². The molecule has 0 radical (unpaired) electrons. The zero-order chi connectivity index (χ0) is 20.6. The number of hydrogen-bond donors (Lipinski definition) is 0. The van der Waals surface area contributed by atoms with E-state index in [9.17, 15) is 0 Å². The van der Waals surface area contributed by atoms with Gasteiger partial charge in [0.25, 0.3) is 0 Å². The van der Waals surface area contributed by atoms with Crippen LogP contribution in [0.5, 0.6) is 0 Å². The van der Waals surface area contributed by atoms with Gasteiger partial charge in [0.1, 0.15) is 0 Å². The third-order valence-electron chi connectivity index (χ3n) is 4.66. The predicted molar refractivity (Wildman–Crippen MR) is 133 cm³/mol. The Morgan fingerprint density at radius 2 is 1.11 bits per heavy atom. The Morgan fingerprint density at radius 3 is 1.57 bits per heavy atom. The summed E-state index contributed by atoms with van der Waals surface area (Å²) in [5.74, 6) is 2.74. The zero-order valence-corrected chi connectivity index (χ0v) is 20.2. The Balaban J connectivity index is 0.000000504. The maximum absolute atomic E-state index is 3.53. The highest BCUT2D eigenvalue weighted by Crippen LogP contribution is 2.25. The number of halogens is 1. The standard InChI is InChI=1S/C13H19Br.C13H20.CH4/c1-9(2)7-11-5-6-12(14)8-13(11)10(3)4;1-10(2)9-12-7-5-6-8-13(12)11(3)4;/h5-6,8-10H,7H2,1-4H3;5-8,10-11H,9H2,1-4H3;1H4. The smallest absolute Gasteiger partial charge is 0.0178 e. The first-order valence-corrected chi connectivity index (χ1v) is 11.3. The fraction of sp³-hybridized carbons (Fsp3) is 0.556. The molecule has 0 aliphatic heterocycles. The van der Waals surface area contributed by atoms with Crippen molar-refractivity contribution in [1.29, 1.82) is 0 Å². The van der Waals surface area contributed by atoms with Crippen LogP contribution in [0.1, 0.15) is 96.9 Å². The molecule has 0 aromatic heterocycles. The molecule has 2 rings (SSSR count). The average molecular weight is 448 g/mol. The minimum absolute atomic E-state index is 0. The van der Waals surface area contributed by atoms with E-state index in [0.717, 1.165) is 11.8 Å². The Bertz CT molecular complexity index is 680. The lowest BCUT2D eigenvalue weighted by atomic mass is 9.92. The van der Waals surface area contributed by atoms with Gasteiger partial charge in [-0.1, -0.05) is 109 Å². The van der Waals surface area contributed by atoms with Crippen molar-refractivity contribution < 1.29 is 0 Å². The van der Waals surface area contributed by atoms with E-state index in [1.807, 2.05) is 0 Å². The molecule has 0 nitrogen and oxygen atoms in total. The summed E-state index contributed by atoms with van der Waals surface area (Å²) in [7, 11) is 0. The van der Waals surface area contributed by atoms with Crippen LogP contribution in [0.2, 0.25) is 0 Å². The lowest BCUT2D eigenvalue weighted by Crippen LogP contribution is -2.00. The van der Waals surface area contributed by atoms with Crippen molar-refractivity contribution in [3.05, 3.63) is 69.2 Å². The van der Waals surface area contributed by atoms with Crippen molar-refractivity contribution in [3.8, 4) is 0 Å². The minimum atomic E-state index is 0. The molecular weight excluding hydrogens is 404 g/mol. The zero-order valence-electron chi connectivity index (χ0n) is 18.6. The van der Waals surface area contributed by atoms with E-state index in [0.29, 0.717) is 11.8 Å². The molecule has 2 aromatic carbocycles. The second-order valence-corrected chi connectivity index (χ2v) is 9.96. The molecule has 0 N–H and O–H groups in total. The maximum Gasteiger partial charge on any atom is 0.0178 e. The van der Waals surface area contributed by atoms with Crippen LogP contribution < -0.4 is 0 Å². The fourth-order valence-corrected chi connectivity index (χ4v) is 3.83. The summed E-state index contributed by atoms with van der Waals surface area (Å²) in [6.45, 7) is 18.1. The van der Waals surface area contributed by atoms with Gasteiger partial charge in [0, 0.05) is 4.47 Å². The van der Waals surface area contributed by atoms with Gasteiger partial charge in [-0.3, -0.25) is 0 Å². The van der Waals surface area contributed by atoms with Gasteiger partial charge in [0.2, 0.25) is 0 Å². The van der Waals surface area contributed by atoms with Gasteiger partial charge in [0.05, 0.1) is 0 Å². The lowest BCUT2D eigenvalue weighted by Gasteiger charge is -2.14. The molecule has 0 fully saturated rings. The molecule has 1 heteroatoms. The first-order valence-electron chi connectivity index (χ1n) is 10.5. The minimum Gasteiger partial charge on any atom is -0.0776 e. The Morgan fingerprint density at radius 1 is 0.643 bits per heavy atom. The molecule has 0 amide bonds. The topological polar surface area (TPSA) is 0 Å². The summed E-state index contributed by atoms with van der Waals surface area (Å²) in [4.78, 5) is 0. The van der Waals surface area contributed by atoms with E-state index >= 15 is 0 Å². The van der Waals surface area contributed by atoms with E-state index in [4.69, 9.17) is 0 Å². The molecular formula is C27H43Br. The van der Waals surface area contributed by atoms with Gasteiger partial charge >= 0.3 is 0 Å². The molecule has 0 unspecified atom stereocenters. The van der Waals surface area contributed by atoms with Crippen LogP contribution in [0.25, 0.3) is 0 Å². The highest BCUT2D eigenvalue weighted by atomic mass is 79.9. The number of hydrogen-bond acceptors (Lipinski definition) is 0. The van der Waals surface area contributed by atoms with Crippen LogP contribution in [0.4, 0.5) is 0 Å². The van der Waals surface area contributed by atoms with Crippen molar-refractivity contribution in [2.45, 2.75) is 87.5 Å². The van der Waals surface area contributed by atoms with Crippen LogP contribution in [0, 0.1) is 11.8 Å². The molecule has 0 heterocycles. The van der Waals surface area contributed by atoms with Gasteiger partial charge in [-0.05, 0) is 70.9 Å². The Hall–Kier alpha value is -1.08. The Labute approximate surface area is 184 Å². The fourth-order valence-electron chi connectivity index (χ4n) is 3.45. The summed E-state index contributed by atoms with van der Waals surface area (Å²) in [6, 6.07) is 15.4. The third kappa shape index (κ3) is 9.41. The number of benzene rings is 2. The van der Waals surface area contributed by atoms with Crippen LogP contribution >= 0.6 is 15.9 Å². The normalized spacial score (nSPS) is 10.9. The summed E-state index contributed by atoms with van der Waals surface area (Å²) in [6.07, 6.45) is 2.38. The monoisotopic (exact) mass is 446 g/mol. The second-order valence-electron chi connectivity index (χ2n) is 9.05. The van der Waals surface area contributed by atoms with E-state index in [-0.39, 0.29) is 7.43 Å². The van der Waals surface area contributed by atoms with Crippen LogP contribution in [0.15, 0.2) is 46.9 Å². The summed E-state index contributed by atoms with van der Waals surface area (Å²) in [5, 5.41) is 0. The maximum atomic E-state index is 3.53. The lowest BCUT2D eigenvalue weighted by molar-refractivity contribution is 0.638. The van der Waals surface area contributed by atoms with Crippen molar-refractivity contribution in [1.82, 2.24) is 0 Å². The van der Waals surface area contributed by atoms with Gasteiger partial charge in [-0.25, -0.2) is 0 Å².